The molecule has 0 fully saturated rings. The van der Waals surface area contributed by atoms with E-state index in [-0.39, 0.29) is 17.6 Å². The van der Waals surface area contributed by atoms with Crippen LogP contribution in [-0.2, 0) is 9.53 Å². The SMILES string of the molecule is CCOC(=O)C(C)c1ccc(-c2ccccc2)c(O)c1. The minimum atomic E-state index is -0.384. The summed E-state index contributed by atoms with van der Waals surface area (Å²) in [5.74, 6) is -0.491. The van der Waals surface area contributed by atoms with Crippen molar-refractivity contribution in [1.29, 1.82) is 0 Å². The van der Waals surface area contributed by atoms with Crippen molar-refractivity contribution >= 4 is 5.97 Å². The number of rotatable bonds is 4. The summed E-state index contributed by atoms with van der Waals surface area (Å²) in [5.41, 5.74) is 2.45. The van der Waals surface area contributed by atoms with E-state index < -0.39 is 0 Å². The lowest BCUT2D eigenvalue weighted by Crippen LogP contribution is -2.12. The topological polar surface area (TPSA) is 46.5 Å². The Morgan fingerprint density at radius 2 is 1.90 bits per heavy atom. The minimum absolute atomic E-state index is 0.171. The number of carbonyl (C=O) groups is 1. The van der Waals surface area contributed by atoms with Gasteiger partial charge in [-0.15, -0.1) is 0 Å². The van der Waals surface area contributed by atoms with E-state index in [0.29, 0.717) is 6.61 Å². The van der Waals surface area contributed by atoms with Gasteiger partial charge in [0.2, 0.25) is 0 Å². The number of hydrogen-bond acceptors (Lipinski definition) is 3. The average molecular weight is 270 g/mol. The number of carbonyl (C=O) groups excluding carboxylic acids is 1. The zero-order chi connectivity index (χ0) is 14.5. The quantitative estimate of drug-likeness (QED) is 0.861. The van der Waals surface area contributed by atoms with Gasteiger partial charge in [-0.05, 0) is 31.0 Å². The van der Waals surface area contributed by atoms with Gasteiger partial charge in [-0.1, -0.05) is 42.5 Å². The number of esters is 1. The zero-order valence-corrected chi connectivity index (χ0v) is 11.7. The van der Waals surface area contributed by atoms with E-state index in [1.165, 1.54) is 0 Å². The number of phenolic OH excluding ortho intramolecular Hbond substituents is 1. The summed E-state index contributed by atoms with van der Waals surface area (Å²) < 4.78 is 4.99. The van der Waals surface area contributed by atoms with Crippen molar-refractivity contribution in [2.45, 2.75) is 19.8 Å². The molecule has 2 aromatic carbocycles. The third-order valence-corrected chi connectivity index (χ3v) is 3.25. The smallest absolute Gasteiger partial charge is 0.313 e. The van der Waals surface area contributed by atoms with E-state index in [9.17, 15) is 9.90 Å². The van der Waals surface area contributed by atoms with Gasteiger partial charge >= 0.3 is 5.97 Å². The monoisotopic (exact) mass is 270 g/mol. The molecule has 0 aliphatic rings. The summed E-state index contributed by atoms with van der Waals surface area (Å²) in [6.07, 6.45) is 0. The zero-order valence-electron chi connectivity index (χ0n) is 11.7. The van der Waals surface area contributed by atoms with Gasteiger partial charge in [-0.3, -0.25) is 4.79 Å². The Morgan fingerprint density at radius 3 is 2.50 bits per heavy atom. The number of ether oxygens (including phenoxy) is 1. The lowest BCUT2D eigenvalue weighted by atomic mass is 9.96. The fourth-order valence-corrected chi connectivity index (χ4v) is 2.08. The molecule has 0 saturated carbocycles. The van der Waals surface area contributed by atoms with Gasteiger partial charge in [0.25, 0.3) is 0 Å². The van der Waals surface area contributed by atoms with Crippen LogP contribution in [0.5, 0.6) is 5.75 Å². The molecule has 0 bridgehead atoms. The van der Waals surface area contributed by atoms with Crippen LogP contribution in [0.2, 0.25) is 0 Å². The van der Waals surface area contributed by atoms with Crippen LogP contribution < -0.4 is 0 Å². The molecule has 3 heteroatoms. The highest BCUT2D eigenvalue weighted by atomic mass is 16.5. The fourth-order valence-electron chi connectivity index (χ4n) is 2.08. The second-order valence-corrected chi connectivity index (χ2v) is 4.62. The highest BCUT2D eigenvalue weighted by molar-refractivity contribution is 5.79. The van der Waals surface area contributed by atoms with Gasteiger partial charge in [0.15, 0.2) is 0 Å². The van der Waals surface area contributed by atoms with E-state index in [4.69, 9.17) is 4.74 Å². The molecule has 0 spiro atoms. The molecular weight excluding hydrogens is 252 g/mol. The van der Waals surface area contributed by atoms with Crippen molar-refractivity contribution in [1.82, 2.24) is 0 Å². The average Bonchev–Trinajstić information content (AvgIpc) is 2.47. The normalized spacial score (nSPS) is 11.9. The molecule has 0 aliphatic carbocycles. The van der Waals surface area contributed by atoms with Gasteiger partial charge in [0.1, 0.15) is 5.75 Å². The van der Waals surface area contributed by atoms with Crippen LogP contribution in [0.1, 0.15) is 25.3 Å². The number of benzene rings is 2. The first-order valence-electron chi connectivity index (χ1n) is 6.68. The first-order valence-corrected chi connectivity index (χ1v) is 6.68. The molecule has 104 valence electrons. The van der Waals surface area contributed by atoms with Crippen molar-refractivity contribution in [2.75, 3.05) is 6.61 Å². The molecule has 0 aliphatic heterocycles. The van der Waals surface area contributed by atoms with Gasteiger partial charge in [0, 0.05) is 5.56 Å². The Labute approximate surface area is 118 Å². The molecule has 0 amide bonds. The Hall–Kier alpha value is -2.29. The molecule has 1 atom stereocenters. The lowest BCUT2D eigenvalue weighted by molar-refractivity contribution is -0.144. The molecule has 3 nitrogen and oxygen atoms in total. The molecular formula is C17H18O3. The van der Waals surface area contributed by atoms with Gasteiger partial charge in [-0.25, -0.2) is 0 Å². The Kier molecular flexibility index (Phi) is 4.41. The molecule has 1 unspecified atom stereocenters. The predicted octanol–water partition coefficient (Wildman–Crippen LogP) is 3.73. The molecule has 2 aromatic rings. The highest BCUT2D eigenvalue weighted by Gasteiger charge is 2.17. The third kappa shape index (κ3) is 2.99. The van der Waals surface area contributed by atoms with E-state index in [2.05, 4.69) is 0 Å². The van der Waals surface area contributed by atoms with Crippen molar-refractivity contribution < 1.29 is 14.6 Å². The number of hydrogen-bond donors (Lipinski definition) is 1. The second kappa shape index (κ2) is 6.24. The predicted molar refractivity (Wildman–Crippen MR) is 78.6 cm³/mol. The largest absolute Gasteiger partial charge is 0.507 e. The van der Waals surface area contributed by atoms with Crippen molar-refractivity contribution in [3.05, 3.63) is 54.1 Å². The molecule has 2 rings (SSSR count). The lowest BCUT2D eigenvalue weighted by Gasteiger charge is -2.13. The van der Waals surface area contributed by atoms with E-state index in [1.54, 1.807) is 19.9 Å². The van der Waals surface area contributed by atoms with Crippen LogP contribution in [-0.4, -0.2) is 17.7 Å². The van der Waals surface area contributed by atoms with Crippen LogP contribution in [0.25, 0.3) is 11.1 Å². The molecule has 0 aromatic heterocycles. The number of aromatic hydroxyl groups is 1. The van der Waals surface area contributed by atoms with Crippen LogP contribution >= 0.6 is 0 Å². The first kappa shape index (κ1) is 14.1. The second-order valence-electron chi connectivity index (χ2n) is 4.62. The van der Waals surface area contributed by atoms with Crippen LogP contribution in [0.3, 0.4) is 0 Å². The van der Waals surface area contributed by atoms with E-state index >= 15 is 0 Å². The molecule has 1 N–H and O–H groups in total. The summed E-state index contributed by atoms with van der Waals surface area (Å²) in [4.78, 5) is 11.7. The molecule has 20 heavy (non-hydrogen) atoms. The maximum Gasteiger partial charge on any atom is 0.313 e. The molecule has 0 saturated heterocycles. The highest BCUT2D eigenvalue weighted by Crippen LogP contribution is 2.32. The summed E-state index contributed by atoms with van der Waals surface area (Å²) in [7, 11) is 0. The van der Waals surface area contributed by atoms with Gasteiger partial charge in [-0.2, -0.15) is 0 Å². The Morgan fingerprint density at radius 1 is 1.20 bits per heavy atom. The van der Waals surface area contributed by atoms with Gasteiger partial charge in [0.05, 0.1) is 12.5 Å². The maximum absolute atomic E-state index is 11.7. The Balaban J connectivity index is 2.29. The van der Waals surface area contributed by atoms with E-state index in [1.807, 2.05) is 42.5 Å². The van der Waals surface area contributed by atoms with Crippen LogP contribution in [0.4, 0.5) is 0 Å². The van der Waals surface area contributed by atoms with E-state index in [0.717, 1.165) is 16.7 Å². The minimum Gasteiger partial charge on any atom is -0.507 e. The van der Waals surface area contributed by atoms with Crippen LogP contribution in [0, 0.1) is 0 Å². The molecule has 0 heterocycles. The first-order chi connectivity index (χ1) is 9.63. The number of phenols is 1. The maximum atomic E-state index is 11.7. The summed E-state index contributed by atoms with van der Waals surface area (Å²) >= 11 is 0. The summed E-state index contributed by atoms with van der Waals surface area (Å²) in [5, 5.41) is 10.2. The van der Waals surface area contributed by atoms with Crippen molar-refractivity contribution in [2.24, 2.45) is 0 Å². The van der Waals surface area contributed by atoms with Gasteiger partial charge < -0.3 is 9.84 Å². The Bertz CT molecular complexity index is 590. The van der Waals surface area contributed by atoms with Crippen molar-refractivity contribution in [3.63, 3.8) is 0 Å². The van der Waals surface area contributed by atoms with Crippen molar-refractivity contribution in [3.8, 4) is 16.9 Å². The molecule has 0 radical (unpaired) electrons. The standard InChI is InChI=1S/C17H18O3/c1-3-20-17(19)12(2)14-9-10-15(16(18)11-14)13-7-5-4-6-8-13/h4-12,18H,3H2,1-2H3. The summed E-state index contributed by atoms with van der Waals surface area (Å²) in [6, 6.07) is 14.9. The third-order valence-electron chi connectivity index (χ3n) is 3.25. The fraction of sp³-hybridized carbons (Fsp3) is 0.235. The summed E-state index contributed by atoms with van der Waals surface area (Å²) in [6.45, 7) is 3.91. The van der Waals surface area contributed by atoms with Crippen LogP contribution in [0.15, 0.2) is 48.5 Å².